The summed E-state index contributed by atoms with van der Waals surface area (Å²) in [5.41, 5.74) is 2.82. The quantitative estimate of drug-likeness (QED) is 0.778. The Morgan fingerprint density at radius 1 is 1.04 bits per heavy atom. The molecule has 2 aromatic rings. The van der Waals surface area contributed by atoms with Gasteiger partial charge in [-0.2, -0.15) is 0 Å². The molecule has 0 spiro atoms. The van der Waals surface area contributed by atoms with Gasteiger partial charge in [0.1, 0.15) is 5.75 Å². The SMILES string of the molecule is CCN(CC)c1ccc(NC(=O)NC2(c3ccc(OC)cc3)CC2)cc1. The molecule has 0 aromatic heterocycles. The molecule has 0 heterocycles. The molecule has 26 heavy (non-hydrogen) atoms. The molecule has 2 aromatic carbocycles. The summed E-state index contributed by atoms with van der Waals surface area (Å²) in [6.07, 6.45) is 1.90. The number of urea groups is 1. The highest BCUT2D eigenvalue weighted by Gasteiger charge is 2.45. The first-order chi connectivity index (χ1) is 12.6. The Kier molecular flexibility index (Phi) is 5.35. The van der Waals surface area contributed by atoms with Crippen molar-refractivity contribution in [2.75, 3.05) is 30.4 Å². The summed E-state index contributed by atoms with van der Waals surface area (Å²) < 4.78 is 5.20. The lowest BCUT2D eigenvalue weighted by atomic mass is 10.1. The Bertz CT molecular complexity index is 733. The number of nitrogens with one attached hydrogen (secondary N) is 2. The van der Waals surface area contributed by atoms with Crippen molar-refractivity contribution in [3.8, 4) is 5.75 Å². The molecule has 0 aliphatic heterocycles. The molecule has 1 fully saturated rings. The predicted octanol–water partition coefficient (Wildman–Crippen LogP) is 4.35. The summed E-state index contributed by atoms with van der Waals surface area (Å²) in [6, 6.07) is 15.7. The van der Waals surface area contributed by atoms with Crippen LogP contribution in [0.15, 0.2) is 48.5 Å². The number of anilines is 2. The number of carbonyl (C=O) groups is 1. The summed E-state index contributed by atoms with van der Waals surface area (Å²) in [7, 11) is 1.65. The molecule has 1 aliphatic carbocycles. The summed E-state index contributed by atoms with van der Waals surface area (Å²) in [6.45, 7) is 6.21. The average Bonchev–Trinajstić information content (AvgIpc) is 3.44. The second kappa shape index (κ2) is 7.68. The van der Waals surface area contributed by atoms with Crippen LogP contribution in [0.5, 0.6) is 5.75 Å². The number of benzene rings is 2. The first-order valence-electron chi connectivity index (χ1n) is 9.19. The van der Waals surface area contributed by atoms with Crippen molar-refractivity contribution in [1.82, 2.24) is 5.32 Å². The van der Waals surface area contributed by atoms with Gasteiger partial charge < -0.3 is 20.3 Å². The molecule has 2 amide bonds. The lowest BCUT2D eigenvalue weighted by Crippen LogP contribution is -2.38. The molecule has 0 radical (unpaired) electrons. The second-order valence-corrected chi connectivity index (χ2v) is 6.61. The highest BCUT2D eigenvalue weighted by Crippen LogP contribution is 2.45. The van der Waals surface area contributed by atoms with Crippen LogP contribution in [0.3, 0.4) is 0 Å². The highest BCUT2D eigenvalue weighted by atomic mass is 16.5. The fourth-order valence-electron chi connectivity index (χ4n) is 3.24. The maximum Gasteiger partial charge on any atom is 0.319 e. The molecule has 1 aliphatic rings. The van der Waals surface area contributed by atoms with Crippen molar-refractivity contribution in [1.29, 1.82) is 0 Å². The summed E-state index contributed by atoms with van der Waals surface area (Å²) in [4.78, 5) is 14.7. The number of hydrogen-bond acceptors (Lipinski definition) is 3. The lowest BCUT2D eigenvalue weighted by Gasteiger charge is -2.21. The lowest BCUT2D eigenvalue weighted by molar-refractivity contribution is 0.247. The number of methoxy groups -OCH3 is 1. The van der Waals surface area contributed by atoms with E-state index < -0.39 is 0 Å². The monoisotopic (exact) mass is 353 g/mol. The number of nitrogens with zero attached hydrogens (tertiary/aromatic N) is 1. The fraction of sp³-hybridized carbons (Fsp3) is 0.381. The van der Waals surface area contributed by atoms with Gasteiger partial charge in [-0.05, 0) is 68.7 Å². The van der Waals surface area contributed by atoms with Crippen LogP contribution in [0.2, 0.25) is 0 Å². The van der Waals surface area contributed by atoms with Gasteiger partial charge in [0.15, 0.2) is 0 Å². The third-order valence-electron chi connectivity index (χ3n) is 5.00. The molecule has 1 saturated carbocycles. The number of hydrogen-bond donors (Lipinski definition) is 2. The van der Waals surface area contributed by atoms with E-state index in [2.05, 4.69) is 29.4 Å². The van der Waals surface area contributed by atoms with Crippen molar-refractivity contribution in [2.45, 2.75) is 32.2 Å². The van der Waals surface area contributed by atoms with Crippen LogP contribution in [-0.2, 0) is 5.54 Å². The Labute approximate surface area is 155 Å². The van der Waals surface area contributed by atoms with Crippen LogP contribution in [0.1, 0.15) is 32.3 Å². The zero-order valence-electron chi connectivity index (χ0n) is 15.7. The van der Waals surface area contributed by atoms with Crippen LogP contribution < -0.4 is 20.3 Å². The van der Waals surface area contributed by atoms with Gasteiger partial charge in [-0.3, -0.25) is 0 Å². The molecule has 2 N–H and O–H groups in total. The number of carbonyl (C=O) groups excluding carboxylic acids is 1. The predicted molar refractivity (Wildman–Crippen MR) is 106 cm³/mol. The zero-order valence-corrected chi connectivity index (χ0v) is 15.7. The summed E-state index contributed by atoms with van der Waals surface area (Å²) >= 11 is 0. The fourth-order valence-corrected chi connectivity index (χ4v) is 3.24. The van der Waals surface area contributed by atoms with Gasteiger partial charge in [0.05, 0.1) is 12.6 Å². The molecule has 0 bridgehead atoms. The van der Waals surface area contributed by atoms with Gasteiger partial charge >= 0.3 is 6.03 Å². The first kappa shape index (κ1) is 18.1. The molecule has 5 nitrogen and oxygen atoms in total. The van der Waals surface area contributed by atoms with Crippen LogP contribution in [0.25, 0.3) is 0 Å². The summed E-state index contributed by atoms with van der Waals surface area (Å²) in [5.74, 6) is 0.822. The van der Waals surface area contributed by atoms with Gasteiger partial charge in [-0.15, -0.1) is 0 Å². The molecule has 0 unspecified atom stereocenters. The minimum absolute atomic E-state index is 0.172. The van der Waals surface area contributed by atoms with E-state index in [0.29, 0.717) is 0 Å². The molecule has 0 atom stereocenters. The third-order valence-corrected chi connectivity index (χ3v) is 5.00. The van der Waals surface area contributed by atoms with Crippen molar-refractivity contribution >= 4 is 17.4 Å². The first-order valence-corrected chi connectivity index (χ1v) is 9.19. The maximum absolute atomic E-state index is 12.4. The van der Waals surface area contributed by atoms with E-state index in [9.17, 15) is 4.79 Å². The van der Waals surface area contributed by atoms with E-state index in [1.807, 2.05) is 48.5 Å². The number of ether oxygens (including phenoxy) is 1. The zero-order chi connectivity index (χ0) is 18.6. The van der Waals surface area contributed by atoms with Crippen molar-refractivity contribution in [3.05, 3.63) is 54.1 Å². The van der Waals surface area contributed by atoms with E-state index >= 15 is 0 Å². The number of amides is 2. The van der Waals surface area contributed by atoms with Gasteiger partial charge in [-0.1, -0.05) is 12.1 Å². The Balaban J connectivity index is 1.61. The van der Waals surface area contributed by atoms with E-state index in [0.717, 1.165) is 48.6 Å². The van der Waals surface area contributed by atoms with E-state index in [4.69, 9.17) is 4.74 Å². The number of rotatable bonds is 7. The van der Waals surface area contributed by atoms with Gasteiger partial charge in [0.25, 0.3) is 0 Å². The smallest absolute Gasteiger partial charge is 0.319 e. The van der Waals surface area contributed by atoms with Crippen molar-refractivity contribution in [2.24, 2.45) is 0 Å². The van der Waals surface area contributed by atoms with Crippen molar-refractivity contribution in [3.63, 3.8) is 0 Å². The molecular formula is C21H27N3O2. The molecule has 138 valence electrons. The van der Waals surface area contributed by atoms with E-state index in [-0.39, 0.29) is 11.6 Å². The van der Waals surface area contributed by atoms with Crippen LogP contribution in [-0.4, -0.2) is 26.2 Å². The summed E-state index contributed by atoms with van der Waals surface area (Å²) in [5, 5.41) is 6.07. The third kappa shape index (κ3) is 3.93. The Morgan fingerprint density at radius 3 is 2.15 bits per heavy atom. The highest BCUT2D eigenvalue weighted by molar-refractivity contribution is 5.90. The van der Waals surface area contributed by atoms with E-state index in [1.165, 1.54) is 0 Å². The topological polar surface area (TPSA) is 53.6 Å². The molecule has 5 heteroatoms. The van der Waals surface area contributed by atoms with E-state index in [1.54, 1.807) is 7.11 Å². The second-order valence-electron chi connectivity index (χ2n) is 6.61. The minimum Gasteiger partial charge on any atom is -0.497 e. The van der Waals surface area contributed by atoms with Crippen LogP contribution in [0.4, 0.5) is 16.2 Å². The molecular weight excluding hydrogens is 326 g/mol. The Hall–Kier alpha value is -2.69. The normalized spacial score (nSPS) is 14.4. The average molecular weight is 353 g/mol. The molecule has 3 rings (SSSR count). The van der Waals surface area contributed by atoms with Crippen LogP contribution in [0, 0.1) is 0 Å². The standard InChI is InChI=1S/C21H27N3O2/c1-4-24(5-2)18-10-8-17(9-11-18)22-20(25)23-21(14-15-21)16-6-12-19(26-3)13-7-16/h6-13H,4-5,14-15H2,1-3H3,(H2,22,23,25). The maximum atomic E-state index is 12.4. The van der Waals surface area contributed by atoms with Gasteiger partial charge in [0, 0.05) is 24.5 Å². The van der Waals surface area contributed by atoms with Crippen LogP contribution >= 0.6 is 0 Å². The van der Waals surface area contributed by atoms with Crippen molar-refractivity contribution < 1.29 is 9.53 Å². The van der Waals surface area contributed by atoms with Gasteiger partial charge in [0.2, 0.25) is 0 Å². The largest absolute Gasteiger partial charge is 0.497 e. The molecule has 0 saturated heterocycles. The Morgan fingerprint density at radius 2 is 1.65 bits per heavy atom. The van der Waals surface area contributed by atoms with Gasteiger partial charge in [-0.25, -0.2) is 4.79 Å². The minimum atomic E-state index is -0.252.